The first kappa shape index (κ1) is 26.9. The summed E-state index contributed by atoms with van der Waals surface area (Å²) in [5.74, 6) is 0. The van der Waals surface area contributed by atoms with Crippen LogP contribution in [0.15, 0.2) is 29.2 Å². The van der Waals surface area contributed by atoms with Crippen LogP contribution in [0.5, 0.6) is 0 Å². The van der Waals surface area contributed by atoms with Gasteiger partial charge in [0.15, 0.2) is 0 Å². The van der Waals surface area contributed by atoms with Crippen LogP contribution in [0.3, 0.4) is 0 Å². The van der Waals surface area contributed by atoms with Gasteiger partial charge in [-0.2, -0.15) is 4.31 Å². The number of amides is 2. The highest BCUT2D eigenvalue weighted by Crippen LogP contribution is 2.23. The number of urea groups is 1. The van der Waals surface area contributed by atoms with E-state index in [1.165, 1.54) is 16.4 Å². The molecule has 2 saturated heterocycles. The van der Waals surface area contributed by atoms with Gasteiger partial charge in [-0.3, -0.25) is 0 Å². The number of benzene rings is 1. The predicted octanol–water partition coefficient (Wildman–Crippen LogP) is 2.20. The molecule has 10 nitrogen and oxygen atoms in total. The Morgan fingerprint density at radius 1 is 0.971 bits per heavy atom. The van der Waals surface area contributed by atoms with E-state index in [4.69, 9.17) is 4.74 Å². The molecule has 0 spiro atoms. The Balaban J connectivity index is 1.55. The number of hydrogen-bond donors (Lipinski definition) is 2. The van der Waals surface area contributed by atoms with E-state index in [0.717, 1.165) is 0 Å². The van der Waals surface area contributed by atoms with E-state index in [1.807, 2.05) is 13.8 Å². The van der Waals surface area contributed by atoms with Gasteiger partial charge in [0.25, 0.3) is 0 Å². The van der Waals surface area contributed by atoms with E-state index in [1.54, 1.807) is 37.8 Å². The standard InChI is InChI=1S/C22H36N4O6S2/c1-16-14-26(15-17(2)32-16)33(28,29)20-8-6-18(7-9-20)23-21(27)25-12-10-19(11-13-25)24-34(30,31)22(3,4)5/h6-9,16-17,19,24H,10-15H2,1-5H3,(H,23,27)/t16-,17+. The Morgan fingerprint density at radius 2 is 1.50 bits per heavy atom. The number of carbonyl (C=O) groups excluding carboxylic acids is 1. The number of sulfonamides is 2. The zero-order valence-corrected chi connectivity index (χ0v) is 22.1. The second-order valence-corrected chi connectivity index (χ2v) is 14.4. The molecule has 2 atom stereocenters. The second kappa shape index (κ2) is 10.1. The molecule has 2 aliphatic heterocycles. The smallest absolute Gasteiger partial charge is 0.321 e. The van der Waals surface area contributed by atoms with Gasteiger partial charge in [-0.25, -0.2) is 26.4 Å². The van der Waals surface area contributed by atoms with Gasteiger partial charge in [-0.15, -0.1) is 0 Å². The first-order valence-electron chi connectivity index (χ1n) is 11.5. The van der Waals surface area contributed by atoms with Crippen LogP contribution in [-0.2, 0) is 24.8 Å². The Labute approximate surface area is 203 Å². The van der Waals surface area contributed by atoms with Crippen LogP contribution in [0.2, 0.25) is 0 Å². The molecule has 0 aliphatic carbocycles. The summed E-state index contributed by atoms with van der Waals surface area (Å²) in [7, 11) is -7.09. The SMILES string of the molecule is C[C@@H]1CN(S(=O)(=O)c2ccc(NC(=O)N3CCC(NS(=O)(=O)C(C)(C)C)CC3)cc2)C[C@H](C)O1. The highest BCUT2D eigenvalue weighted by molar-refractivity contribution is 7.90. The number of morpholine rings is 1. The molecule has 192 valence electrons. The van der Waals surface area contributed by atoms with E-state index in [0.29, 0.717) is 44.7 Å². The van der Waals surface area contributed by atoms with Crippen molar-refractivity contribution in [2.45, 2.75) is 75.4 Å². The van der Waals surface area contributed by atoms with Gasteiger partial charge in [-0.05, 0) is 71.7 Å². The summed E-state index contributed by atoms with van der Waals surface area (Å²) in [6, 6.07) is 5.61. The van der Waals surface area contributed by atoms with Crippen LogP contribution in [0.4, 0.5) is 10.5 Å². The van der Waals surface area contributed by atoms with Crippen molar-refractivity contribution in [2.24, 2.45) is 0 Å². The summed E-state index contributed by atoms with van der Waals surface area (Å²) >= 11 is 0. The van der Waals surface area contributed by atoms with Crippen LogP contribution in [0, 0.1) is 0 Å². The Kier molecular flexibility index (Phi) is 7.98. The van der Waals surface area contributed by atoms with Crippen molar-refractivity contribution < 1.29 is 26.4 Å². The van der Waals surface area contributed by atoms with Crippen LogP contribution < -0.4 is 10.0 Å². The summed E-state index contributed by atoms with van der Waals surface area (Å²) in [6.45, 7) is 10.1. The van der Waals surface area contributed by atoms with Crippen molar-refractivity contribution in [3.8, 4) is 0 Å². The van der Waals surface area contributed by atoms with Crippen LogP contribution in [0.25, 0.3) is 0 Å². The van der Waals surface area contributed by atoms with E-state index in [-0.39, 0.29) is 29.2 Å². The average molecular weight is 517 g/mol. The maximum absolute atomic E-state index is 13.0. The van der Waals surface area contributed by atoms with Crippen molar-refractivity contribution in [3.63, 3.8) is 0 Å². The molecule has 2 heterocycles. The first-order chi connectivity index (χ1) is 15.7. The normalized spacial score (nSPS) is 23.6. The number of rotatable bonds is 5. The third-order valence-electron chi connectivity index (χ3n) is 6.04. The molecule has 0 bridgehead atoms. The molecule has 12 heteroatoms. The van der Waals surface area contributed by atoms with Gasteiger partial charge in [-0.1, -0.05) is 0 Å². The summed E-state index contributed by atoms with van der Waals surface area (Å²) in [6.07, 6.45) is 0.696. The average Bonchev–Trinajstić information content (AvgIpc) is 2.73. The molecule has 0 radical (unpaired) electrons. The van der Waals surface area contributed by atoms with Crippen LogP contribution >= 0.6 is 0 Å². The second-order valence-electron chi connectivity index (χ2n) is 10.0. The molecule has 0 saturated carbocycles. The van der Waals surface area contributed by atoms with Crippen molar-refractivity contribution in [1.29, 1.82) is 0 Å². The number of likely N-dealkylation sites (tertiary alicyclic amines) is 1. The number of carbonyl (C=O) groups is 1. The van der Waals surface area contributed by atoms with Gasteiger partial charge in [0.1, 0.15) is 0 Å². The molecule has 1 aromatic rings. The third-order valence-corrected chi connectivity index (χ3v) is 10.1. The lowest BCUT2D eigenvalue weighted by molar-refractivity contribution is -0.0440. The van der Waals surface area contributed by atoms with E-state index in [9.17, 15) is 21.6 Å². The molecule has 2 fully saturated rings. The lowest BCUT2D eigenvalue weighted by atomic mass is 10.1. The molecular formula is C22H36N4O6S2. The fraction of sp³-hybridized carbons (Fsp3) is 0.682. The van der Waals surface area contributed by atoms with Gasteiger partial charge in [0.05, 0.1) is 21.9 Å². The van der Waals surface area contributed by atoms with Crippen LogP contribution in [0.1, 0.15) is 47.5 Å². The molecule has 3 rings (SSSR count). The lowest BCUT2D eigenvalue weighted by Gasteiger charge is -2.34. The van der Waals surface area contributed by atoms with E-state index < -0.39 is 24.8 Å². The quantitative estimate of drug-likeness (QED) is 0.618. The zero-order valence-electron chi connectivity index (χ0n) is 20.4. The minimum Gasteiger partial charge on any atom is -0.373 e. The molecule has 2 N–H and O–H groups in total. The molecular weight excluding hydrogens is 480 g/mol. The van der Waals surface area contributed by atoms with E-state index >= 15 is 0 Å². The molecule has 2 amide bonds. The highest BCUT2D eigenvalue weighted by atomic mass is 32.2. The fourth-order valence-electron chi connectivity index (χ4n) is 3.99. The topological polar surface area (TPSA) is 125 Å². The number of hydrogen-bond acceptors (Lipinski definition) is 6. The molecule has 0 unspecified atom stereocenters. The van der Waals surface area contributed by atoms with Crippen molar-refractivity contribution in [1.82, 2.24) is 13.9 Å². The highest BCUT2D eigenvalue weighted by Gasteiger charge is 2.34. The molecule has 0 aromatic heterocycles. The maximum Gasteiger partial charge on any atom is 0.321 e. The molecule has 1 aromatic carbocycles. The summed E-state index contributed by atoms with van der Waals surface area (Å²) in [5.41, 5.74) is 0.489. The lowest BCUT2D eigenvalue weighted by Crippen LogP contribution is -2.50. The molecule has 2 aliphatic rings. The number of nitrogens with zero attached hydrogens (tertiary/aromatic N) is 2. The number of piperidine rings is 1. The van der Waals surface area contributed by atoms with Crippen molar-refractivity contribution in [3.05, 3.63) is 24.3 Å². The third kappa shape index (κ3) is 6.28. The van der Waals surface area contributed by atoms with Crippen molar-refractivity contribution >= 4 is 31.8 Å². The Hall–Kier alpha value is -1.73. The Bertz CT molecular complexity index is 1070. The van der Waals surface area contributed by atoms with Gasteiger partial charge >= 0.3 is 6.03 Å². The predicted molar refractivity (Wildman–Crippen MR) is 131 cm³/mol. The van der Waals surface area contributed by atoms with E-state index in [2.05, 4.69) is 10.0 Å². The largest absolute Gasteiger partial charge is 0.373 e. The first-order valence-corrected chi connectivity index (χ1v) is 14.4. The summed E-state index contributed by atoms with van der Waals surface area (Å²) in [5, 5.41) is 2.79. The number of anilines is 1. The summed E-state index contributed by atoms with van der Waals surface area (Å²) in [4.78, 5) is 14.4. The monoisotopic (exact) mass is 516 g/mol. The maximum atomic E-state index is 13.0. The fourth-order valence-corrected chi connectivity index (χ4v) is 6.60. The minimum atomic E-state index is -3.65. The van der Waals surface area contributed by atoms with Crippen LogP contribution in [-0.4, -0.2) is 81.2 Å². The minimum absolute atomic E-state index is 0.166. The zero-order chi connectivity index (χ0) is 25.3. The van der Waals surface area contributed by atoms with Gasteiger partial charge in [0.2, 0.25) is 20.0 Å². The number of nitrogens with one attached hydrogen (secondary N) is 2. The summed E-state index contributed by atoms with van der Waals surface area (Å²) < 4.78 is 59.6. The van der Waals surface area contributed by atoms with Crippen molar-refractivity contribution in [2.75, 3.05) is 31.5 Å². The van der Waals surface area contributed by atoms with Gasteiger partial charge in [0, 0.05) is 37.9 Å². The van der Waals surface area contributed by atoms with Gasteiger partial charge < -0.3 is 15.0 Å². The Morgan fingerprint density at radius 3 is 2.00 bits per heavy atom. The molecule has 34 heavy (non-hydrogen) atoms. The number of ether oxygens (including phenoxy) is 1.